The van der Waals surface area contributed by atoms with Crippen molar-refractivity contribution in [3.05, 3.63) is 50.1 Å². The first-order valence-corrected chi connectivity index (χ1v) is 6.78. The smallest absolute Gasteiger partial charge is 0.0992 e. The van der Waals surface area contributed by atoms with Gasteiger partial charge < -0.3 is 5.32 Å². The van der Waals surface area contributed by atoms with Gasteiger partial charge in [-0.3, -0.25) is 0 Å². The lowest BCUT2D eigenvalue weighted by Crippen LogP contribution is -1.97. The Morgan fingerprint density at radius 3 is 2.82 bits per heavy atom. The van der Waals surface area contributed by atoms with Gasteiger partial charge in [0, 0.05) is 26.5 Å². The fourth-order valence-electron chi connectivity index (χ4n) is 1.53. The molecule has 1 aromatic carbocycles. The van der Waals surface area contributed by atoms with Gasteiger partial charge in [-0.25, -0.2) is 0 Å². The lowest BCUT2D eigenvalue weighted by Gasteiger charge is -2.05. The van der Waals surface area contributed by atoms with Crippen molar-refractivity contribution in [2.75, 3.05) is 5.32 Å². The Bertz CT molecular complexity index is 569. The van der Waals surface area contributed by atoms with Gasteiger partial charge in [-0.05, 0) is 37.3 Å². The Morgan fingerprint density at radius 1 is 1.35 bits per heavy atom. The van der Waals surface area contributed by atoms with E-state index >= 15 is 0 Å². The molecule has 1 heterocycles. The normalized spacial score (nSPS) is 9.94. The molecule has 17 heavy (non-hydrogen) atoms. The lowest BCUT2D eigenvalue weighted by atomic mass is 10.2. The van der Waals surface area contributed by atoms with Crippen LogP contribution in [0, 0.1) is 18.3 Å². The van der Waals surface area contributed by atoms with Crippen LogP contribution in [0.25, 0.3) is 0 Å². The first-order valence-electron chi connectivity index (χ1n) is 5.17. The van der Waals surface area contributed by atoms with Crippen LogP contribution in [0.2, 0.25) is 0 Å². The predicted octanol–water partition coefficient (Wildman–Crippen LogP) is 4.30. The first-order chi connectivity index (χ1) is 8.17. The van der Waals surface area contributed by atoms with Gasteiger partial charge in [0.05, 0.1) is 11.6 Å². The molecule has 0 bridgehead atoms. The van der Waals surface area contributed by atoms with Gasteiger partial charge in [-0.15, -0.1) is 11.3 Å². The van der Waals surface area contributed by atoms with Crippen molar-refractivity contribution < 1.29 is 0 Å². The van der Waals surface area contributed by atoms with E-state index in [2.05, 4.69) is 46.4 Å². The fourth-order valence-corrected chi connectivity index (χ4v) is 2.85. The highest BCUT2D eigenvalue weighted by atomic mass is 79.9. The van der Waals surface area contributed by atoms with E-state index in [-0.39, 0.29) is 0 Å². The third kappa shape index (κ3) is 3.32. The Balaban J connectivity index is 2.09. The molecule has 0 spiro atoms. The molecule has 0 atom stereocenters. The third-order valence-electron chi connectivity index (χ3n) is 2.29. The Hall–Kier alpha value is -1.31. The number of nitrogens with zero attached hydrogens (tertiary/aromatic N) is 1. The second-order valence-corrected chi connectivity index (χ2v) is 5.99. The molecule has 0 saturated carbocycles. The third-order valence-corrected chi connectivity index (χ3v) is 3.75. The summed E-state index contributed by atoms with van der Waals surface area (Å²) in [6.07, 6.45) is 0. The molecule has 2 nitrogen and oxygen atoms in total. The molecule has 4 heteroatoms. The molecule has 0 aliphatic rings. The van der Waals surface area contributed by atoms with Gasteiger partial charge in [0.1, 0.15) is 0 Å². The van der Waals surface area contributed by atoms with E-state index < -0.39 is 0 Å². The second-order valence-electron chi connectivity index (χ2n) is 3.71. The van der Waals surface area contributed by atoms with Crippen LogP contribution in [0.3, 0.4) is 0 Å². The molecule has 2 aromatic rings. The second kappa shape index (κ2) is 5.35. The maximum Gasteiger partial charge on any atom is 0.0992 e. The summed E-state index contributed by atoms with van der Waals surface area (Å²) in [6.45, 7) is 2.89. The topological polar surface area (TPSA) is 35.8 Å². The van der Waals surface area contributed by atoms with Crippen molar-refractivity contribution in [3.63, 3.8) is 0 Å². The maximum absolute atomic E-state index is 8.88. The van der Waals surface area contributed by atoms with Crippen molar-refractivity contribution >= 4 is 33.0 Å². The first kappa shape index (κ1) is 12.2. The molecule has 1 N–H and O–H groups in total. The summed E-state index contributed by atoms with van der Waals surface area (Å²) in [6, 6.07) is 12.0. The highest BCUT2D eigenvalue weighted by molar-refractivity contribution is 9.10. The Kier molecular flexibility index (Phi) is 3.82. The van der Waals surface area contributed by atoms with Gasteiger partial charge in [0.2, 0.25) is 0 Å². The van der Waals surface area contributed by atoms with Crippen molar-refractivity contribution in [1.82, 2.24) is 0 Å². The summed E-state index contributed by atoms with van der Waals surface area (Å²) in [7, 11) is 0. The summed E-state index contributed by atoms with van der Waals surface area (Å²) in [5.74, 6) is 0. The number of nitrogens with one attached hydrogen (secondary N) is 1. The maximum atomic E-state index is 8.88. The van der Waals surface area contributed by atoms with Crippen LogP contribution in [0.15, 0.2) is 34.8 Å². The van der Waals surface area contributed by atoms with Crippen LogP contribution in [0.1, 0.15) is 15.3 Å². The zero-order valence-electron chi connectivity index (χ0n) is 9.33. The van der Waals surface area contributed by atoms with E-state index in [4.69, 9.17) is 5.26 Å². The van der Waals surface area contributed by atoms with Crippen LogP contribution in [-0.4, -0.2) is 0 Å². The van der Waals surface area contributed by atoms with E-state index in [1.807, 2.05) is 12.1 Å². The number of halogens is 1. The highest BCUT2D eigenvalue weighted by Gasteiger charge is 2.00. The minimum atomic E-state index is 0.657. The summed E-state index contributed by atoms with van der Waals surface area (Å²) in [4.78, 5) is 2.61. The minimum absolute atomic E-state index is 0.657. The summed E-state index contributed by atoms with van der Waals surface area (Å²) in [5, 5.41) is 12.2. The van der Waals surface area contributed by atoms with Crippen LogP contribution in [-0.2, 0) is 6.54 Å². The van der Waals surface area contributed by atoms with Crippen molar-refractivity contribution in [2.45, 2.75) is 13.5 Å². The number of rotatable bonds is 3. The number of thiophene rings is 1. The molecule has 1 aromatic heterocycles. The number of hydrogen-bond acceptors (Lipinski definition) is 3. The number of benzene rings is 1. The zero-order chi connectivity index (χ0) is 12.3. The Labute approximate surface area is 113 Å². The summed E-state index contributed by atoms with van der Waals surface area (Å²) >= 11 is 5.18. The Morgan fingerprint density at radius 2 is 2.18 bits per heavy atom. The number of aryl methyl sites for hydroxylation is 1. The monoisotopic (exact) mass is 306 g/mol. The molecule has 0 saturated heterocycles. The van der Waals surface area contributed by atoms with Gasteiger partial charge in [-0.2, -0.15) is 5.26 Å². The van der Waals surface area contributed by atoms with Crippen molar-refractivity contribution in [3.8, 4) is 6.07 Å². The average molecular weight is 307 g/mol. The lowest BCUT2D eigenvalue weighted by molar-refractivity contribution is 1.19. The van der Waals surface area contributed by atoms with Crippen LogP contribution in [0.4, 0.5) is 5.69 Å². The quantitative estimate of drug-likeness (QED) is 0.917. The van der Waals surface area contributed by atoms with Gasteiger partial charge in [0.25, 0.3) is 0 Å². The molecule has 0 aliphatic heterocycles. The average Bonchev–Trinajstić information content (AvgIpc) is 2.72. The van der Waals surface area contributed by atoms with E-state index in [1.54, 1.807) is 17.4 Å². The molecule has 0 unspecified atom stereocenters. The summed E-state index contributed by atoms with van der Waals surface area (Å²) in [5.41, 5.74) is 1.62. The van der Waals surface area contributed by atoms with E-state index in [9.17, 15) is 0 Å². The molecule has 2 rings (SSSR count). The minimum Gasteiger partial charge on any atom is -0.380 e. The SMILES string of the molecule is Cc1ccc(CNc2cc(Br)cc(C#N)c2)s1. The summed E-state index contributed by atoms with van der Waals surface area (Å²) < 4.78 is 0.918. The molecular weight excluding hydrogens is 296 g/mol. The van der Waals surface area contributed by atoms with E-state index in [0.717, 1.165) is 16.7 Å². The highest BCUT2D eigenvalue weighted by Crippen LogP contribution is 2.21. The molecular formula is C13H11BrN2S. The predicted molar refractivity (Wildman–Crippen MR) is 75.2 cm³/mol. The van der Waals surface area contributed by atoms with Crippen LogP contribution in [0.5, 0.6) is 0 Å². The van der Waals surface area contributed by atoms with Gasteiger partial charge in [-0.1, -0.05) is 15.9 Å². The van der Waals surface area contributed by atoms with Crippen LogP contribution >= 0.6 is 27.3 Å². The molecule has 0 aliphatic carbocycles. The molecule has 0 fully saturated rings. The van der Waals surface area contributed by atoms with E-state index in [1.165, 1.54) is 9.75 Å². The standard InChI is InChI=1S/C13H11BrN2S/c1-9-2-3-13(17-9)8-16-12-5-10(7-15)4-11(14)6-12/h2-6,16H,8H2,1H3. The largest absolute Gasteiger partial charge is 0.380 e. The molecule has 86 valence electrons. The van der Waals surface area contributed by atoms with E-state index in [0.29, 0.717) is 5.56 Å². The fraction of sp³-hybridized carbons (Fsp3) is 0.154. The van der Waals surface area contributed by atoms with Gasteiger partial charge in [0.15, 0.2) is 0 Å². The molecule has 0 radical (unpaired) electrons. The van der Waals surface area contributed by atoms with Gasteiger partial charge >= 0.3 is 0 Å². The van der Waals surface area contributed by atoms with Crippen molar-refractivity contribution in [1.29, 1.82) is 5.26 Å². The van der Waals surface area contributed by atoms with Crippen LogP contribution < -0.4 is 5.32 Å². The number of hydrogen-bond donors (Lipinski definition) is 1. The zero-order valence-corrected chi connectivity index (χ0v) is 11.7. The molecule has 0 amide bonds. The number of anilines is 1. The van der Waals surface area contributed by atoms with Crippen molar-refractivity contribution in [2.24, 2.45) is 0 Å². The number of nitriles is 1.